The summed E-state index contributed by atoms with van der Waals surface area (Å²) in [5.41, 5.74) is 1.32. The van der Waals surface area contributed by atoms with Crippen molar-refractivity contribution in [3.05, 3.63) is 29.8 Å². The zero-order valence-electron chi connectivity index (χ0n) is 12.9. The summed E-state index contributed by atoms with van der Waals surface area (Å²) in [5, 5.41) is 3.40. The molecular weight excluding hydrogens is 266 g/mol. The quantitative estimate of drug-likeness (QED) is 0.866. The Labute approximate surface area is 125 Å². The second kappa shape index (κ2) is 7.37. The van der Waals surface area contributed by atoms with Crippen LogP contribution in [0.3, 0.4) is 0 Å². The summed E-state index contributed by atoms with van der Waals surface area (Å²) in [6.45, 7) is 4.37. The van der Waals surface area contributed by atoms with E-state index >= 15 is 0 Å². The lowest BCUT2D eigenvalue weighted by Gasteiger charge is -2.18. The van der Waals surface area contributed by atoms with E-state index in [-0.39, 0.29) is 0 Å². The van der Waals surface area contributed by atoms with Crippen LogP contribution < -0.4 is 5.32 Å². The highest BCUT2D eigenvalue weighted by atomic mass is 32.2. The van der Waals surface area contributed by atoms with Gasteiger partial charge in [0.15, 0.2) is 0 Å². The van der Waals surface area contributed by atoms with Crippen LogP contribution in [0.4, 0.5) is 0 Å². The van der Waals surface area contributed by atoms with Crippen LogP contribution in [0.1, 0.15) is 51.0 Å². The molecule has 2 rings (SSSR count). The van der Waals surface area contributed by atoms with Gasteiger partial charge in [-0.3, -0.25) is 4.21 Å². The van der Waals surface area contributed by atoms with Gasteiger partial charge >= 0.3 is 0 Å². The molecule has 112 valence electrons. The SMILES string of the molecule is CNC1CCCC1CCS(=O)c1ccc(C(C)C)cc1. The lowest BCUT2D eigenvalue weighted by Crippen LogP contribution is -2.29. The van der Waals surface area contributed by atoms with Gasteiger partial charge in [-0.05, 0) is 55.8 Å². The summed E-state index contributed by atoms with van der Waals surface area (Å²) >= 11 is 0. The number of benzene rings is 1. The van der Waals surface area contributed by atoms with Gasteiger partial charge in [0, 0.05) is 16.7 Å². The Kier molecular flexibility index (Phi) is 5.79. The summed E-state index contributed by atoms with van der Waals surface area (Å²) < 4.78 is 12.4. The minimum Gasteiger partial charge on any atom is -0.317 e. The Morgan fingerprint density at radius 2 is 1.95 bits per heavy atom. The third-order valence-corrected chi connectivity index (χ3v) is 5.92. The molecule has 1 aromatic carbocycles. The summed E-state index contributed by atoms with van der Waals surface area (Å²) in [6.07, 6.45) is 4.95. The predicted octanol–water partition coefficient (Wildman–Crippen LogP) is 3.70. The van der Waals surface area contributed by atoms with Crippen LogP contribution in [0.25, 0.3) is 0 Å². The minimum absolute atomic E-state index is 0.535. The van der Waals surface area contributed by atoms with Crippen LogP contribution in [-0.4, -0.2) is 23.1 Å². The lowest BCUT2D eigenvalue weighted by atomic mass is 10.0. The molecule has 20 heavy (non-hydrogen) atoms. The Morgan fingerprint density at radius 3 is 2.55 bits per heavy atom. The van der Waals surface area contributed by atoms with E-state index in [1.165, 1.54) is 24.8 Å². The monoisotopic (exact) mass is 293 g/mol. The molecule has 0 radical (unpaired) electrons. The van der Waals surface area contributed by atoms with Gasteiger partial charge in [-0.1, -0.05) is 32.4 Å². The average molecular weight is 293 g/mol. The molecule has 1 fully saturated rings. The van der Waals surface area contributed by atoms with Gasteiger partial charge in [0.1, 0.15) is 0 Å². The molecule has 0 saturated heterocycles. The minimum atomic E-state index is -0.846. The van der Waals surface area contributed by atoms with Gasteiger partial charge in [0.2, 0.25) is 0 Å². The van der Waals surface area contributed by atoms with Gasteiger partial charge in [0.05, 0.1) is 10.8 Å². The fourth-order valence-electron chi connectivity index (χ4n) is 3.14. The lowest BCUT2D eigenvalue weighted by molar-refractivity contribution is 0.416. The van der Waals surface area contributed by atoms with E-state index in [0.29, 0.717) is 17.9 Å². The van der Waals surface area contributed by atoms with Crippen molar-refractivity contribution in [3.8, 4) is 0 Å². The molecule has 1 aliphatic carbocycles. The van der Waals surface area contributed by atoms with Crippen molar-refractivity contribution >= 4 is 10.8 Å². The van der Waals surface area contributed by atoms with Crippen molar-refractivity contribution in [2.75, 3.05) is 12.8 Å². The smallest absolute Gasteiger partial charge is 0.0529 e. The molecule has 2 nitrogen and oxygen atoms in total. The van der Waals surface area contributed by atoms with Gasteiger partial charge in [-0.25, -0.2) is 0 Å². The highest BCUT2D eigenvalue weighted by molar-refractivity contribution is 7.85. The molecule has 3 unspecified atom stereocenters. The molecule has 3 heteroatoms. The Balaban J connectivity index is 1.88. The first-order valence-corrected chi connectivity index (χ1v) is 9.09. The van der Waals surface area contributed by atoms with E-state index in [1.54, 1.807) is 0 Å². The first-order chi connectivity index (χ1) is 9.61. The van der Waals surface area contributed by atoms with Crippen LogP contribution in [0.15, 0.2) is 29.2 Å². The van der Waals surface area contributed by atoms with E-state index in [1.807, 2.05) is 19.2 Å². The molecule has 0 aliphatic heterocycles. The molecule has 3 atom stereocenters. The van der Waals surface area contributed by atoms with E-state index in [0.717, 1.165) is 17.1 Å². The second-order valence-corrected chi connectivity index (χ2v) is 7.72. The van der Waals surface area contributed by atoms with Crippen LogP contribution in [-0.2, 0) is 10.8 Å². The molecule has 1 N–H and O–H groups in total. The summed E-state index contributed by atoms with van der Waals surface area (Å²) in [4.78, 5) is 0.980. The maximum Gasteiger partial charge on any atom is 0.0529 e. The standard InChI is InChI=1S/C17H27NOS/c1-13(2)14-7-9-16(10-8-14)20(19)12-11-15-5-4-6-17(15)18-3/h7-10,13,15,17-18H,4-6,11-12H2,1-3H3. The summed E-state index contributed by atoms with van der Waals surface area (Å²) in [7, 11) is 1.20. The number of rotatable bonds is 6. The first-order valence-electron chi connectivity index (χ1n) is 7.77. The van der Waals surface area contributed by atoms with Crippen molar-refractivity contribution < 1.29 is 4.21 Å². The van der Waals surface area contributed by atoms with E-state index in [2.05, 4.69) is 31.3 Å². The van der Waals surface area contributed by atoms with Crippen LogP contribution >= 0.6 is 0 Å². The largest absolute Gasteiger partial charge is 0.317 e. The molecule has 1 saturated carbocycles. The summed E-state index contributed by atoms with van der Waals surface area (Å²) in [6, 6.07) is 8.94. The Hall–Kier alpha value is -0.670. The Bertz CT molecular complexity index is 441. The molecule has 1 aliphatic rings. The molecule has 0 spiro atoms. The zero-order chi connectivity index (χ0) is 14.5. The molecule has 0 amide bonds. The maximum atomic E-state index is 12.4. The Morgan fingerprint density at radius 1 is 1.25 bits per heavy atom. The normalized spacial score (nSPS) is 24.2. The molecule has 0 heterocycles. The van der Waals surface area contributed by atoms with Crippen molar-refractivity contribution in [2.45, 2.75) is 56.4 Å². The van der Waals surface area contributed by atoms with Crippen molar-refractivity contribution in [2.24, 2.45) is 5.92 Å². The van der Waals surface area contributed by atoms with Crippen molar-refractivity contribution in [1.29, 1.82) is 0 Å². The fourth-order valence-corrected chi connectivity index (χ4v) is 4.34. The predicted molar refractivity (Wildman–Crippen MR) is 86.6 cm³/mol. The van der Waals surface area contributed by atoms with Crippen molar-refractivity contribution in [3.63, 3.8) is 0 Å². The van der Waals surface area contributed by atoms with E-state index in [9.17, 15) is 4.21 Å². The third kappa shape index (κ3) is 3.92. The summed E-state index contributed by atoms with van der Waals surface area (Å²) in [5.74, 6) is 2.04. The van der Waals surface area contributed by atoms with E-state index in [4.69, 9.17) is 0 Å². The van der Waals surface area contributed by atoms with Crippen molar-refractivity contribution in [1.82, 2.24) is 5.32 Å². The zero-order valence-corrected chi connectivity index (χ0v) is 13.7. The van der Waals surface area contributed by atoms with Gasteiger partial charge in [-0.15, -0.1) is 0 Å². The highest BCUT2D eigenvalue weighted by Gasteiger charge is 2.25. The van der Waals surface area contributed by atoms with Gasteiger partial charge in [-0.2, -0.15) is 0 Å². The average Bonchev–Trinajstić information content (AvgIpc) is 2.92. The van der Waals surface area contributed by atoms with Gasteiger partial charge < -0.3 is 5.32 Å². The van der Waals surface area contributed by atoms with Crippen LogP contribution in [0.5, 0.6) is 0 Å². The van der Waals surface area contributed by atoms with E-state index < -0.39 is 10.8 Å². The molecule has 0 bridgehead atoms. The fraction of sp³-hybridized carbons (Fsp3) is 0.647. The van der Waals surface area contributed by atoms with Crippen LogP contribution in [0, 0.1) is 5.92 Å². The third-order valence-electron chi connectivity index (χ3n) is 4.51. The maximum absolute atomic E-state index is 12.4. The second-order valence-electron chi connectivity index (χ2n) is 6.15. The molecule has 1 aromatic rings. The van der Waals surface area contributed by atoms with Gasteiger partial charge in [0.25, 0.3) is 0 Å². The highest BCUT2D eigenvalue weighted by Crippen LogP contribution is 2.28. The number of hydrogen-bond acceptors (Lipinski definition) is 2. The number of nitrogens with one attached hydrogen (secondary N) is 1. The topological polar surface area (TPSA) is 29.1 Å². The van der Waals surface area contributed by atoms with Crippen LogP contribution in [0.2, 0.25) is 0 Å². The number of hydrogen-bond donors (Lipinski definition) is 1. The first kappa shape index (κ1) is 15.7. The molecular formula is C17H27NOS. The molecule has 0 aromatic heterocycles.